The van der Waals surface area contributed by atoms with E-state index >= 15 is 0 Å². The molecule has 5 nitrogen and oxygen atoms in total. The van der Waals surface area contributed by atoms with E-state index in [1.807, 2.05) is 0 Å². The molecule has 1 unspecified atom stereocenters. The van der Waals surface area contributed by atoms with Gasteiger partial charge in [-0.15, -0.1) is 11.3 Å². The number of hydrogen-bond donors (Lipinski definition) is 2. The number of aliphatic imine (C=N–C) groups is 1. The minimum Gasteiger partial charge on any atom is -0.365 e. The van der Waals surface area contributed by atoms with Crippen molar-refractivity contribution in [2.75, 3.05) is 31.6 Å². The molecule has 0 saturated carbocycles. The number of nitrogens with zero attached hydrogens (tertiary/aromatic N) is 3. The van der Waals surface area contributed by atoms with Gasteiger partial charge >= 0.3 is 6.18 Å². The lowest BCUT2D eigenvalue weighted by atomic mass is 10.2. The van der Waals surface area contributed by atoms with Gasteiger partial charge in [0.2, 0.25) is 0 Å². The van der Waals surface area contributed by atoms with Crippen molar-refractivity contribution < 1.29 is 22.0 Å². The van der Waals surface area contributed by atoms with Crippen LogP contribution < -0.4 is 15.5 Å². The maximum atomic E-state index is 13.9. The van der Waals surface area contributed by atoms with Gasteiger partial charge in [-0.25, -0.2) is 13.8 Å². The molecule has 1 aromatic carbocycles. The van der Waals surface area contributed by atoms with Crippen LogP contribution in [0.25, 0.3) is 0 Å². The molecule has 0 radical (unpaired) electrons. The fourth-order valence-corrected chi connectivity index (χ4v) is 3.91. The van der Waals surface area contributed by atoms with E-state index in [0.717, 1.165) is 16.7 Å². The Kier molecular flexibility index (Phi) is 6.56. The van der Waals surface area contributed by atoms with Crippen LogP contribution in [-0.2, 0) is 12.6 Å². The van der Waals surface area contributed by atoms with E-state index in [1.165, 1.54) is 18.2 Å². The van der Waals surface area contributed by atoms with E-state index in [0.29, 0.717) is 43.4 Å². The normalized spacial score (nSPS) is 17.7. The first-order valence-electron chi connectivity index (χ1n) is 8.95. The summed E-state index contributed by atoms with van der Waals surface area (Å²) in [7, 11) is 1.57. The molecule has 3 rings (SSSR count). The van der Waals surface area contributed by atoms with Crippen molar-refractivity contribution >= 4 is 23.0 Å². The van der Waals surface area contributed by atoms with Crippen LogP contribution in [0.2, 0.25) is 0 Å². The number of guanidine groups is 1. The smallest absolute Gasteiger partial charge is 0.365 e. The van der Waals surface area contributed by atoms with Crippen molar-refractivity contribution in [3.63, 3.8) is 0 Å². The molecule has 29 heavy (non-hydrogen) atoms. The average Bonchev–Trinajstić information content (AvgIpc) is 3.30. The van der Waals surface area contributed by atoms with Crippen LogP contribution in [0.4, 0.5) is 27.6 Å². The van der Waals surface area contributed by atoms with E-state index in [1.54, 1.807) is 11.9 Å². The molecule has 1 aliphatic rings. The van der Waals surface area contributed by atoms with Crippen molar-refractivity contribution in [1.29, 1.82) is 0 Å². The predicted octanol–water partition coefficient (Wildman–Crippen LogP) is 3.43. The number of aromatic nitrogens is 1. The van der Waals surface area contributed by atoms with E-state index in [-0.39, 0.29) is 11.7 Å². The number of halogens is 5. The molecule has 158 valence electrons. The molecule has 2 N–H and O–H groups in total. The minimum absolute atomic E-state index is 0.0380. The van der Waals surface area contributed by atoms with Gasteiger partial charge in [0.15, 0.2) is 11.7 Å². The van der Waals surface area contributed by atoms with Crippen LogP contribution in [0.3, 0.4) is 0 Å². The highest BCUT2D eigenvalue weighted by Gasteiger charge is 2.33. The summed E-state index contributed by atoms with van der Waals surface area (Å²) < 4.78 is 65.7. The molecule has 1 aliphatic heterocycles. The second-order valence-electron chi connectivity index (χ2n) is 6.52. The third-order valence-electron chi connectivity index (χ3n) is 4.48. The van der Waals surface area contributed by atoms with Gasteiger partial charge in [-0.05, 0) is 18.6 Å². The highest BCUT2D eigenvalue weighted by molar-refractivity contribution is 7.09. The molecule has 2 aromatic rings. The standard InChI is InChI=1S/C18H20F5N5S/c1-24-17(25-7-5-15-27-14(10-29-15)18(21,22)23)26-11-6-8-28(9-11)16-12(19)3-2-4-13(16)20/h2-4,10-11H,5-9H2,1H3,(H2,24,25,26). The van der Waals surface area contributed by atoms with Gasteiger partial charge in [-0.2, -0.15) is 13.2 Å². The lowest BCUT2D eigenvalue weighted by molar-refractivity contribution is -0.140. The molecule has 0 amide bonds. The quantitative estimate of drug-likeness (QED) is 0.431. The number of para-hydroxylation sites is 1. The SMILES string of the molecule is CN=C(NCCc1nc(C(F)(F)F)cs1)NC1CCN(c2c(F)cccc2F)C1. The Balaban J connectivity index is 1.49. The van der Waals surface area contributed by atoms with Crippen LogP contribution >= 0.6 is 11.3 Å². The van der Waals surface area contributed by atoms with Crippen LogP contribution in [0, 0.1) is 11.6 Å². The predicted molar refractivity (Wildman–Crippen MR) is 102 cm³/mol. The Morgan fingerprint density at radius 2 is 2.03 bits per heavy atom. The molecule has 2 heterocycles. The van der Waals surface area contributed by atoms with E-state index in [4.69, 9.17) is 0 Å². The highest BCUT2D eigenvalue weighted by Crippen LogP contribution is 2.30. The Morgan fingerprint density at radius 1 is 1.31 bits per heavy atom. The van der Waals surface area contributed by atoms with Gasteiger partial charge < -0.3 is 15.5 Å². The maximum Gasteiger partial charge on any atom is 0.434 e. The van der Waals surface area contributed by atoms with Gasteiger partial charge in [0, 0.05) is 44.5 Å². The second-order valence-corrected chi connectivity index (χ2v) is 7.46. The summed E-state index contributed by atoms with van der Waals surface area (Å²) in [6, 6.07) is 3.70. The summed E-state index contributed by atoms with van der Waals surface area (Å²) in [6.45, 7) is 1.24. The Morgan fingerprint density at radius 3 is 2.66 bits per heavy atom. The number of thiazole rings is 1. The zero-order valence-corrected chi connectivity index (χ0v) is 16.4. The number of alkyl halides is 3. The molecule has 0 bridgehead atoms. The van der Waals surface area contributed by atoms with Crippen molar-refractivity contribution in [2.45, 2.75) is 25.1 Å². The zero-order chi connectivity index (χ0) is 21.0. The molecule has 1 atom stereocenters. The third-order valence-corrected chi connectivity index (χ3v) is 5.39. The van der Waals surface area contributed by atoms with Crippen LogP contribution in [0.15, 0.2) is 28.6 Å². The molecule has 1 fully saturated rings. The molecule has 0 spiro atoms. The molecule has 1 aromatic heterocycles. The van der Waals surface area contributed by atoms with Gasteiger partial charge in [0.1, 0.15) is 17.3 Å². The van der Waals surface area contributed by atoms with E-state index in [2.05, 4.69) is 20.6 Å². The average molecular weight is 433 g/mol. The molecule has 0 aliphatic carbocycles. The topological polar surface area (TPSA) is 52.6 Å². The van der Waals surface area contributed by atoms with Gasteiger partial charge in [0.25, 0.3) is 0 Å². The summed E-state index contributed by atoms with van der Waals surface area (Å²) in [5, 5.41) is 7.58. The van der Waals surface area contributed by atoms with Crippen LogP contribution in [0.5, 0.6) is 0 Å². The van der Waals surface area contributed by atoms with Gasteiger partial charge in [0.05, 0.1) is 5.01 Å². The molecular weight excluding hydrogens is 413 g/mol. The molecular formula is C18H20F5N5S. The maximum absolute atomic E-state index is 13.9. The zero-order valence-electron chi connectivity index (χ0n) is 15.6. The summed E-state index contributed by atoms with van der Waals surface area (Å²) in [4.78, 5) is 9.32. The number of nitrogens with one attached hydrogen (secondary N) is 2. The van der Waals surface area contributed by atoms with E-state index < -0.39 is 23.5 Å². The minimum atomic E-state index is -4.44. The van der Waals surface area contributed by atoms with Crippen molar-refractivity contribution in [3.8, 4) is 0 Å². The van der Waals surface area contributed by atoms with Crippen molar-refractivity contribution in [1.82, 2.24) is 15.6 Å². The number of benzene rings is 1. The fraction of sp³-hybridized carbons (Fsp3) is 0.444. The number of hydrogen-bond acceptors (Lipinski definition) is 4. The van der Waals surface area contributed by atoms with E-state index in [9.17, 15) is 22.0 Å². The molecule has 1 saturated heterocycles. The summed E-state index contributed by atoms with van der Waals surface area (Å²) >= 11 is 0.960. The largest absolute Gasteiger partial charge is 0.434 e. The molecule has 11 heteroatoms. The Hall–Kier alpha value is -2.43. The summed E-state index contributed by atoms with van der Waals surface area (Å²) in [5.74, 6) is -0.733. The number of anilines is 1. The lowest BCUT2D eigenvalue weighted by Crippen LogP contribution is -2.45. The summed E-state index contributed by atoms with van der Waals surface area (Å²) in [6.07, 6.45) is -3.46. The van der Waals surface area contributed by atoms with Crippen LogP contribution in [-0.4, -0.2) is 43.7 Å². The van der Waals surface area contributed by atoms with Crippen molar-refractivity contribution in [2.24, 2.45) is 4.99 Å². The Labute approximate surface area is 168 Å². The van der Waals surface area contributed by atoms with Crippen LogP contribution in [0.1, 0.15) is 17.1 Å². The second kappa shape index (κ2) is 8.93. The first-order chi connectivity index (χ1) is 13.8. The monoisotopic (exact) mass is 433 g/mol. The van der Waals surface area contributed by atoms with Gasteiger partial charge in [-0.1, -0.05) is 6.07 Å². The Bertz CT molecular complexity index is 846. The van der Waals surface area contributed by atoms with Gasteiger partial charge in [-0.3, -0.25) is 4.99 Å². The first-order valence-corrected chi connectivity index (χ1v) is 9.83. The first kappa shape index (κ1) is 21.3. The third kappa shape index (κ3) is 5.34. The summed E-state index contributed by atoms with van der Waals surface area (Å²) in [5.41, 5.74) is -0.921. The lowest BCUT2D eigenvalue weighted by Gasteiger charge is -2.21. The number of rotatable bonds is 5. The van der Waals surface area contributed by atoms with Crippen molar-refractivity contribution in [3.05, 3.63) is 45.9 Å². The highest BCUT2D eigenvalue weighted by atomic mass is 32.1. The fourth-order valence-electron chi connectivity index (χ4n) is 3.10.